The number of H-pyrrole nitrogens is 1. The van der Waals surface area contributed by atoms with E-state index in [-0.39, 0.29) is 16.1 Å². The molecule has 3 aromatic heterocycles. The van der Waals surface area contributed by atoms with Crippen molar-refractivity contribution in [2.24, 2.45) is 7.05 Å². The highest BCUT2D eigenvalue weighted by Crippen LogP contribution is 2.31. The fourth-order valence-electron chi connectivity index (χ4n) is 3.60. The lowest BCUT2D eigenvalue weighted by Gasteiger charge is -2.04. The second-order valence-electron chi connectivity index (χ2n) is 6.95. The van der Waals surface area contributed by atoms with Crippen LogP contribution in [0.5, 0.6) is 0 Å². The summed E-state index contributed by atoms with van der Waals surface area (Å²) >= 11 is 9.60. The highest BCUT2D eigenvalue weighted by atomic mass is 79.9. The van der Waals surface area contributed by atoms with E-state index in [9.17, 15) is 14.7 Å². The van der Waals surface area contributed by atoms with E-state index in [2.05, 4.69) is 26.1 Å². The minimum atomic E-state index is -1.14. The van der Waals surface area contributed by atoms with Gasteiger partial charge < -0.3 is 5.11 Å². The molecule has 0 aliphatic carbocycles. The largest absolute Gasteiger partial charge is 0.478 e. The number of nitrogens with one attached hydrogen (secondary N) is 1. The van der Waals surface area contributed by atoms with Crippen molar-refractivity contribution < 1.29 is 9.90 Å². The first kappa shape index (κ1) is 19.5. The molecule has 0 radical (unpaired) electrons. The molecule has 0 aliphatic rings. The van der Waals surface area contributed by atoms with Crippen molar-refractivity contribution in [3.63, 3.8) is 0 Å². The van der Waals surface area contributed by atoms with Gasteiger partial charge in [0.1, 0.15) is 0 Å². The van der Waals surface area contributed by atoms with Crippen LogP contribution in [0.3, 0.4) is 0 Å². The molecule has 0 amide bonds. The minimum absolute atomic E-state index is 0.0346. The Morgan fingerprint density at radius 1 is 1.23 bits per heavy atom. The van der Waals surface area contributed by atoms with Gasteiger partial charge >= 0.3 is 5.97 Å². The average molecular weight is 499 g/mol. The van der Waals surface area contributed by atoms with Gasteiger partial charge in [-0.15, -0.1) is 0 Å². The minimum Gasteiger partial charge on any atom is -0.478 e. The van der Waals surface area contributed by atoms with E-state index < -0.39 is 5.97 Å². The SMILES string of the molecule is Cn1ncc2c3[nH]n(-c4ccc(C(=O)O)c(Cl)c4)c(=O)c3c(-c3cccc(Br)c3)nc21. The number of halogens is 2. The van der Waals surface area contributed by atoms with Crippen LogP contribution in [0.1, 0.15) is 10.4 Å². The van der Waals surface area contributed by atoms with E-state index in [0.717, 1.165) is 10.0 Å². The summed E-state index contributed by atoms with van der Waals surface area (Å²) in [6, 6.07) is 11.9. The first-order valence-electron chi connectivity index (χ1n) is 9.10. The molecule has 0 aliphatic heterocycles. The summed E-state index contributed by atoms with van der Waals surface area (Å²) in [7, 11) is 1.78. The normalized spacial score (nSPS) is 11.5. The number of nitrogens with zero attached hydrogens (tertiary/aromatic N) is 4. The van der Waals surface area contributed by atoms with Gasteiger partial charge in [0.15, 0.2) is 5.65 Å². The van der Waals surface area contributed by atoms with Crippen LogP contribution in [0.4, 0.5) is 0 Å². The number of hydrogen-bond acceptors (Lipinski definition) is 4. The molecule has 3 heterocycles. The topological polar surface area (TPSA) is 106 Å². The molecule has 10 heteroatoms. The third kappa shape index (κ3) is 3.05. The van der Waals surface area contributed by atoms with Gasteiger partial charge in [0.05, 0.1) is 44.5 Å². The number of hydrogen-bond donors (Lipinski definition) is 2. The number of carboxylic acid groups (broad SMARTS) is 1. The number of benzene rings is 2. The van der Waals surface area contributed by atoms with Gasteiger partial charge in [-0.3, -0.25) is 14.6 Å². The predicted octanol–water partition coefficient (Wildman–Crippen LogP) is 4.38. The van der Waals surface area contributed by atoms with Crippen LogP contribution >= 0.6 is 27.5 Å². The van der Waals surface area contributed by atoms with Gasteiger partial charge in [-0.25, -0.2) is 14.5 Å². The summed E-state index contributed by atoms with van der Waals surface area (Å²) in [6.45, 7) is 0. The van der Waals surface area contributed by atoms with Gasteiger partial charge in [0.2, 0.25) is 0 Å². The highest BCUT2D eigenvalue weighted by Gasteiger charge is 2.21. The maximum absolute atomic E-state index is 13.5. The van der Waals surface area contributed by atoms with Crippen LogP contribution in [0.25, 0.3) is 38.9 Å². The summed E-state index contributed by atoms with van der Waals surface area (Å²) in [5.41, 5.74) is 2.52. The Kier molecular flexibility index (Phi) is 4.45. The highest BCUT2D eigenvalue weighted by molar-refractivity contribution is 9.10. The molecular weight excluding hydrogens is 486 g/mol. The van der Waals surface area contributed by atoms with Crippen LogP contribution < -0.4 is 5.56 Å². The van der Waals surface area contributed by atoms with E-state index in [0.29, 0.717) is 33.3 Å². The standard InChI is InChI=1S/C21H13BrClN5O3/c1-27-19-14(9-24-27)18-16(17(25-19)10-3-2-4-11(22)7-10)20(29)28(26-18)12-5-6-13(21(30)31)15(23)8-12/h2-9,26H,1H3,(H,30,31). The number of pyridine rings is 1. The summed E-state index contributed by atoms with van der Waals surface area (Å²) in [5.74, 6) is -1.14. The van der Waals surface area contributed by atoms with Crippen molar-refractivity contribution in [1.82, 2.24) is 24.5 Å². The number of aromatic carboxylic acids is 1. The Labute approximate surface area is 187 Å². The molecule has 0 fully saturated rings. The molecule has 31 heavy (non-hydrogen) atoms. The lowest BCUT2D eigenvalue weighted by molar-refractivity contribution is 0.0697. The van der Waals surface area contributed by atoms with Gasteiger partial charge in [0, 0.05) is 17.1 Å². The van der Waals surface area contributed by atoms with Gasteiger partial charge in [-0.05, 0) is 30.3 Å². The molecule has 0 saturated carbocycles. The van der Waals surface area contributed by atoms with Crippen molar-refractivity contribution in [3.05, 3.63) is 74.1 Å². The molecular formula is C21H13BrClN5O3. The van der Waals surface area contributed by atoms with Crippen molar-refractivity contribution in [2.45, 2.75) is 0 Å². The predicted molar refractivity (Wildman–Crippen MR) is 121 cm³/mol. The molecule has 8 nitrogen and oxygen atoms in total. The number of carbonyl (C=O) groups is 1. The molecule has 2 N–H and O–H groups in total. The average Bonchev–Trinajstić information content (AvgIpc) is 3.27. The van der Waals surface area contributed by atoms with E-state index in [1.165, 1.54) is 22.9 Å². The quantitative estimate of drug-likeness (QED) is 0.384. The van der Waals surface area contributed by atoms with Gasteiger partial charge in [-0.2, -0.15) is 5.10 Å². The summed E-state index contributed by atoms with van der Waals surface area (Å²) in [4.78, 5) is 29.5. The molecule has 5 rings (SSSR count). The maximum Gasteiger partial charge on any atom is 0.337 e. The summed E-state index contributed by atoms with van der Waals surface area (Å²) in [5, 5.41) is 17.8. The van der Waals surface area contributed by atoms with E-state index in [1.54, 1.807) is 17.9 Å². The second-order valence-corrected chi connectivity index (χ2v) is 8.27. The molecule has 5 aromatic rings. The lowest BCUT2D eigenvalue weighted by atomic mass is 10.1. The molecule has 0 spiro atoms. The van der Waals surface area contributed by atoms with Crippen molar-refractivity contribution >= 4 is 55.4 Å². The van der Waals surface area contributed by atoms with Crippen LogP contribution in [0.15, 0.2) is 57.9 Å². The Morgan fingerprint density at radius 3 is 2.74 bits per heavy atom. The molecule has 2 aromatic carbocycles. The van der Waals surface area contributed by atoms with Crippen LogP contribution in [0, 0.1) is 0 Å². The van der Waals surface area contributed by atoms with Crippen LogP contribution in [0.2, 0.25) is 5.02 Å². The zero-order chi connectivity index (χ0) is 21.9. The maximum atomic E-state index is 13.5. The number of aryl methyl sites for hydroxylation is 1. The zero-order valence-electron chi connectivity index (χ0n) is 15.9. The Balaban J connectivity index is 1.86. The molecule has 0 saturated heterocycles. The summed E-state index contributed by atoms with van der Waals surface area (Å²) in [6.07, 6.45) is 1.65. The third-order valence-corrected chi connectivity index (χ3v) is 5.87. The van der Waals surface area contributed by atoms with Gasteiger partial charge in [0.25, 0.3) is 5.56 Å². The molecule has 0 bridgehead atoms. The van der Waals surface area contributed by atoms with Crippen molar-refractivity contribution in [3.8, 4) is 16.9 Å². The molecule has 154 valence electrons. The number of aromatic amines is 1. The van der Waals surface area contributed by atoms with Crippen molar-refractivity contribution in [2.75, 3.05) is 0 Å². The Hall–Kier alpha value is -3.43. The number of fused-ring (bicyclic) bond motifs is 3. The molecule has 0 unspecified atom stereocenters. The van der Waals surface area contributed by atoms with Crippen LogP contribution in [-0.2, 0) is 7.05 Å². The van der Waals surface area contributed by atoms with Crippen molar-refractivity contribution in [1.29, 1.82) is 0 Å². The monoisotopic (exact) mass is 497 g/mol. The molecule has 0 atom stereocenters. The number of aromatic nitrogens is 5. The van der Waals surface area contributed by atoms with E-state index in [4.69, 9.17) is 16.6 Å². The Morgan fingerprint density at radius 2 is 2.03 bits per heavy atom. The van der Waals surface area contributed by atoms with E-state index in [1.807, 2.05) is 24.3 Å². The van der Waals surface area contributed by atoms with Crippen LogP contribution in [-0.4, -0.2) is 35.6 Å². The fourth-order valence-corrected chi connectivity index (χ4v) is 4.25. The first-order valence-corrected chi connectivity index (χ1v) is 10.3. The first-order chi connectivity index (χ1) is 14.8. The Bertz CT molecular complexity index is 1580. The fraction of sp³-hybridized carbons (Fsp3) is 0.0476. The number of carboxylic acids is 1. The second kappa shape index (κ2) is 7.07. The zero-order valence-corrected chi connectivity index (χ0v) is 18.3. The third-order valence-electron chi connectivity index (χ3n) is 5.06. The lowest BCUT2D eigenvalue weighted by Crippen LogP contribution is -2.15. The van der Waals surface area contributed by atoms with Gasteiger partial charge in [-0.1, -0.05) is 39.7 Å². The number of rotatable bonds is 3. The van der Waals surface area contributed by atoms with E-state index >= 15 is 0 Å². The summed E-state index contributed by atoms with van der Waals surface area (Å²) < 4.78 is 3.83. The smallest absolute Gasteiger partial charge is 0.337 e.